The Morgan fingerprint density at radius 1 is 1.05 bits per heavy atom. The quantitative estimate of drug-likeness (QED) is 0.452. The first-order valence-electron chi connectivity index (χ1n) is 6.74. The molecule has 0 radical (unpaired) electrons. The summed E-state index contributed by atoms with van der Waals surface area (Å²) in [6.07, 6.45) is 3.42. The molecule has 92 valence electrons. The van der Waals surface area contributed by atoms with Crippen LogP contribution in [0.4, 0.5) is 0 Å². The lowest BCUT2D eigenvalue weighted by molar-refractivity contribution is -0.659. The van der Waals surface area contributed by atoms with Gasteiger partial charge in [0.05, 0.1) is 0 Å². The summed E-state index contributed by atoms with van der Waals surface area (Å²) in [7, 11) is 2.13. The Balaban J connectivity index is 2.03. The van der Waals surface area contributed by atoms with Crippen LogP contribution in [0.3, 0.4) is 0 Å². The molecule has 0 saturated heterocycles. The molecule has 1 aliphatic rings. The monoisotopic (exact) mass is 246 g/mol. The van der Waals surface area contributed by atoms with Gasteiger partial charge in [-0.05, 0) is 47.6 Å². The molecule has 4 rings (SSSR count). The lowest BCUT2D eigenvalue weighted by Crippen LogP contribution is -2.30. The van der Waals surface area contributed by atoms with E-state index in [9.17, 15) is 0 Å². The maximum atomic E-state index is 2.35. The van der Waals surface area contributed by atoms with Crippen molar-refractivity contribution in [2.45, 2.75) is 13.3 Å². The van der Waals surface area contributed by atoms with Crippen LogP contribution in [0.2, 0.25) is 0 Å². The summed E-state index contributed by atoms with van der Waals surface area (Å²) < 4.78 is 2.24. The average molecular weight is 246 g/mol. The molecule has 0 amide bonds. The first-order chi connectivity index (χ1) is 9.24. The average Bonchev–Trinajstić information content (AvgIpc) is 3.18. The molecule has 0 bridgehead atoms. The number of hydrogen-bond donors (Lipinski definition) is 0. The minimum Gasteiger partial charge on any atom is -0.200 e. The Morgan fingerprint density at radius 2 is 1.89 bits per heavy atom. The third-order valence-electron chi connectivity index (χ3n) is 4.14. The summed E-state index contributed by atoms with van der Waals surface area (Å²) >= 11 is 0. The third-order valence-corrected chi connectivity index (χ3v) is 4.14. The molecule has 1 heteroatoms. The fourth-order valence-electron chi connectivity index (χ4n) is 2.96. The molecule has 0 N–H and O–H groups in total. The Labute approximate surface area is 113 Å². The van der Waals surface area contributed by atoms with Crippen LogP contribution in [0.5, 0.6) is 0 Å². The second-order valence-electron chi connectivity index (χ2n) is 5.47. The highest BCUT2D eigenvalue weighted by atomic mass is 14.9. The van der Waals surface area contributed by atoms with Crippen LogP contribution in [0.25, 0.3) is 22.0 Å². The second kappa shape index (κ2) is 3.67. The van der Waals surface area contributed by atoms with Crippen molar-refractivity contribution in [2.75, 3.05) is 0 Å². The molecule has 19 heavy (non-hydrogen) atoms. The zero-order valence-corrected chi connectivity index (χ0v) is 11.3. The topological polar surface area (TPSA) is 3.88 Å². The van der Waals surface area contributed by atoms with Crippen molar-refractivity contribution >= 4 is 10.8 Å². The van der Waals surface area contributed by atoms with E-state index in [2.05, 4.69) is 67.2 Å². The molecule has 1 heterocycles. The normalized spacial score (nSPS) is 12.5. The van der Waals surface area contributed by atoms with Crippen molar-refractivity contribution in [3.05, 3.63) is 65.4 Å². The van der Waals surface area contributed by atoms with Gasteiger partial charge in [0.2, 0.25) is 5.69 Å². The molecular formula is C18H16N+. The van der Waals surface area contributed by atoms with Crippen LogP contribution in [0, 0.1) is 6.92 Å². The van der Waals surface area contributed by atoms with Gasteiger partial charge in [-0.1, -0.05) is 24.3 Å². The number of nitrogens with zero attached hydrogens (tertiary/aromatic N) is 1. The molecule has 3 aromatic rings. The van der Waals surface area contributed by atoms with Gasteiger partial charge in [0.1, 0.15) is 7.05 Å². The Morgan fingerprint density at radius 3 is 2.74 bits per heavy atom. The minimum atomic E-state index is 1.17. The van der Waals surface area contributed by atoms with Crippen LogP contribution in [0.15, 0.2) is 48.7 Å². The summed E-state index contributed by atoms with van der Waals surface area (Å²) in [5.41, 5.74) is 7.00. The van der Waals surface area contributed by atoms with E-state index in [0.29, 0.717) is 0 Å². The van der Waals surface area contributed by atoms with Crippen molar-refractivity contribution in [1.29, 1.82) is 0 Å². The van der Waals surface area contributed by atoms with Gasteiger partial charge in [0.25, 0.3) is 0 Å². The molecule has 1 aliphatic carbocycles. The number of aromatic nitrogens is 1. The lowest BCUT2D eigenvalue weighted by Gasteiger charge is -2.05. The molecular weight excluding hydrogens is 230 g/mol. The summed E-state index contributed by atoms with van der Waals surface area (Å²) in [5.74, 6) is 0. The molecule has 1 aromatic heterocycles. The highest BCUT2D eigenvalue weighted by molar-refractivity contribution is 5.91. The molecule has 0 unspecified atom stereocenters. The number of benzene rings is 2. The standard InChI is InChI=1S/C18H16N/c1-12-5-3-4-6-15(12)18-10-17-14(11-19(18)2)8-7-13-9-16(13)17/h3-8,10-11H,9H2,1-2H3/q+1. The maximum absolute atomic E-state index is 2.35. The van der Waals surface area contributed by atoms with Crippen LogP contribution in [-0.2, 0) is 13.5 Å². The van der Waals surface area contributed by atoms with E-state index in [0.717, 1.165) is 0 Å². The maximum Gasteiger partial charge on any atom is 0.213 e. The van der Waals surface area contributed by atoms with E-state index in [1.165, 1.54) is 45.1 Å². The number of rotatable bonds is 1. The highest BCUT2D eigenvalue weighted by Crippen LogP contribution is 2.36. The first kappa shape index (κ1) is 10.7. The summed E-state index contributed by atoms with van der Waals surface area (Å²) in [4.78, 5) is 0. The zero-order valence-electron chi connectivity index (χ0n) is 11.3. The van der Waals surface area contributed by atoms with Crippen LogP contribution in [-0.4, -0.2) is 0 Å². The van der Waals surface area contributed by atoms with Gasteiger partial charge in [-0.2, -0.15) is 0 Å². The van der Waals surface area contributed by atoms with Crippen molar-refractivity contribution in [3.63, 3.8) is 0 Å². The summed E-state index contributed by atoms with van der Waals surface area (Å²) in [6, 6.07) is 15.4. The molecule has 0 spiro atoms. The Hall–Kier alpha value is -2.15. The van der Waals surface area contributed by atoms with E-state index in [1.807, 2.05) is 0 Å². The minimum absolute atomic E-state index is 1.17. The van der Waals surface area contributed by atoms with Crippen LogP contribution < -0.4 is 4.57 Å². The lowest BCUT2D eigenvalue weighted by atomic mass is 10.0. The van der Waals surface area contributed by atoms with Gasteiger partial charge in [-0.3, -0.25) is 0 Å². The fourth-order valence-corrected chi connectivity index (χ4v) is 2.96. The summed E-state index contributed by atoms with van der Waals surface area (Å²) in [6.45, 7) is 2.18. The molecule has 0 aliphatic heterocycles. The summed E-state index contributed by atoms with van der Waals surface area (Å²) in [5, 5.41) is 2.77. The third kappa shape index (κ3) is 1.58. The number of hydrogen-bond acceptors (Lipinski definition) is 0. The first-order valence-corrected chi connectivity index (χ1v) is 6.74. The van der Waals surface area contributed by atoms with Crippen molar-refractivity contribution < 1.29 is 4.57 Å². The van der Waals surface area contributed by atoms with Gasteiger partial charge in [0.15, 0.2) is 6.20 Å². The van der Waals surface area contributed by atoms with Gasteiger partial charge in [-0.25, -0.2) is 4.57 Å². The Kier molecular flexibility index (Phi) is 2.08. The second-order valence-corrected chi connectivity index (χ2v) is 5.47. The number of fused-ring (bicyclic) bond motifs is 3. The van der Waals surface area contributed by atoms with Crippen LogP contribution in [0.1, 0.15) is 16.7 Å². The van der Waals surface area contributed by atoms with Crippen molar-refractivity contribution in [1.82, 2.24) is 0 Å². The predicted octanol–water partition coefficient (Wildman–Crippen LogP) is 3.54. The SMILES string of the molecule is Cc1ccccc1-c1cc2c3c(ccc2c[n+]1C)C3. The van der Waals surface area contributed by atoms with Crippen molar-refractivity contribution in [3.8, 4) is 11.3 Å². The predicted molar refractivity (Wildman–Crippen MR) is 78.1 cm³/mol. The van der Waals surface area contributed by atoms with Gasteiger partial charge < -0.3 is 0 Å². The molecule has 2 aromatic carbocycles. The van der Waals surface area contributed by atoms with Crippen molar-refractivity contribution in [2.24, 2.45) is 7.05 Å². The van der Waals surface area contributed by atoms with Gasteiger partial charge >= 0.3 is 0 Å². The van der Waals surface area contributed by atoms with Gasteiger partial charge in [0, 0.05) is 17.0 Å². The number of aryl methyl sites for hydroxylation is 2. The van der Waals surface area contributed by atoms with E-state index < -0.39 is 0 Å². The van der Waals surface area contributed by atoms with E-state index in [-0.39, 0.29) is 0 Å². The molecule has 0 saturated carbocycles. The zero-order chi connectivity index (χ0) is 13.0. The van der Waals surface area contributed by atoms with E-state index in [4.69, 9.17) is 0 Å². The molecule has 1 nitrogen and oxygen atoms in total. The van der Waals surface area contributed by atoms with Crippen LogP contribution >= 0.6 is 0 Å². The fraction of sp³-hybridized carbons (Fsp3) is 0.167. The number of pyridine rings is 1. The smallest absolute Gasteiger partial charge is 0.200 e. The highest BCUT2D eigenvalue weighted by Gasteiger charge is 2.23. The Bertz CT molecular complexity index is 815. The van der Waals surface area contributed by atoms with E-state index in [1.54, 1.807) is 0 Å². The molecule has 0 fully saturated rings. The van der Waals surface area contributed by atoms with E-state index >= 15 is 0 Å². The largest absolute Gasteiger partial charge is 0.213 e. The molecule has 0 atom stereocenters. The van der Waals surface area contributed by atoms with Gasteiger partial charge in [-0.15, -0.1) is 0 Å².